The highest BCUT2D eigenvalue weighted by atomic mass is 16.3. The molecule has 0 bridgehead atoms. The molecule has 1 aliphatic carbocycles. The Morgan fingerprint density at radius 2 is 1.86 bits per heavy atom. The summed E-state index contributed by atoms with van der Waals surface area (Å²) in [5.41, 5.74) is 2.04. The van der Waals surface area contributed by atoms with Crippen LogP contribution in [0.4, 0.5) is 0 Å². The zero-order valence-electron chi connectivity index (χ0n) is 8.70. The van der Waals surface area contributed by atoms with E-state index in [0.29, 0.717) is 5.92 Å². The quantitative estimate of drug-likeness (QED) is 0.707. The Hall–Kier alpha value is -1.08. The van der Waals surface area contributed by atoms with Crippen LogP contribution in [0.1, 0.15) is 25.5 Å². The van der Waals surface area contributed by atoms with Gasteiger partial charge in [-0.2, -0.15) is 0 Å². The molecule has 1 aromatic carbocycles. The van der Waals surface area contributed by atoms with E-state index >= 15 is 0 Å². The molecule has 74 valence electrons. The van der Waals surface area contributed by atoms with E-state index in [0.717, 1.165) is 11.1 Å². The number of hydrogen-bond acceptors (Lipinski definition) is 1. The van der Waals surface area contributed by atoms with Crippen LogP contribution >= 0.6 is 0 Å². The molecule has 0 amide bonds. The number of rotatable bonds is 2. The molecule has 1 fully saturated rings. The normalized spacial score (nSPS) is 32.8. The maximum absolute atomic E-state index is 10.2. The molecule has 3 atom stereocenters. The van der Waals surface area contributed by atoms with Gasteiger partial charge in [0.2, 0.25) is 0 Å². The fraction of sp³-hybridized carbons (Fsp3) is 0.385. The summed E-state index contributed by atoms with van der Waals surface area (Å²) >= 11 is 0. The van der Waals surface area contributed by atoms with Crippen molar-refractivity contribution in [3.8, 4) is 0 Å². The van der Waals surface area contributed by atoms with Crippen LogP contribution < -0.4 is 0 Å². The van der Waals surface area contributed by atoms with E-state index < -0.39 is 6.10 Å². The van der Waals surface area contributed by atoms with Gasteiger partial charge in [0.15, 0.2) is 0 Å². The third-order valence-corrected chi connectivity index (χ3v) is 3.71. The highest BCUT2D eigenvalue weighted by molar-refractivity contribution is 5.39. The van der Waals surface area contributed by atoms with Crippen molar-refractivity contribution in [3.05, 3.63) is 48.0 Å². The molecule has 0 unspecified atom stereocenters. The first-order valence-corrected chi connectivity index (χ1v) is 5.00. The van der Waals surface area contributed by atoms with Crippen LogP contribution in [-0.2, 0) is 0 Å². The Morgan fingerprint density at radius 1 is 1.36 bits per heavy atom. The number of aliphatic hydroxyl groups excluding tert-OH is 1. The zero-order chi connectivity index (χ0) is 10.3. The maximum atomic E-state index is 10.2. The second kappa shape index (κ2) is 2.96. The minimum absolute atomic E-state index is 0.110. The lowest BCUT2D eigenvalue weighted by Crippen LogP contribution is -2.11. The summed E-state index contributed by atoms with van der Waals surface area (Å²) in [6, 6.07) is 9.81. The lowest BCUT2D eigenvalue weighted by atomic mass is 9.92. The Bertz CT molecular complexity index is 355. The molecule has 1 heteroatoms. The van der Waals surface area contributed by atoms with Crippen molar-refractivity contribution in [2.75, 3.05) is 0 Å². The van der Waals surface area contributed by atoms with E-state index in [4.69, 9.17) is 0 Å². The van der Waals surface area contributed by atoms with Gasteiger partial charge in [0.1, 0.15) is 0 Å². The van der Waals surface area contributed by atoms with Gasteiger partial charge in [-0.3, -0.25) is 0 Å². The molecule has 0 saturated heterocycles. The molecule has 1 saturated carbocycles. The fourth-order valence-electron chi connectivity index (χ4n) is 2.13. The van der Waals surface area contributed by atoms with Gasteiger partial charge in [-0.25, -0.2) is 0 Å². The second-order valence-corrected chi connectivity index (χ2v) is 4.34. The molecule has 0 heterocycles. The predicted molar refractivity (Wildman–Crippen MR) is 57.8 cm³/mol. The lowest BCUT2D eigenvalue weighted by molar-refractivity contribution is 0.101. The third kappa shape index (κ3) is 1.12. The van der Waals surface area contributed by atoms with Crippen molar-refractivity contribution < 1.29 is 5.11 Å². The molecule has 2 rings (SSSR count). The Labute approximate surface area is 85.1 Å². The summed E-state index contributed by atoms with van der Waals surface area (Å²) in [4.78, 5) is 0. The van der Waals surface area contributed by atoms with Crippen LogP contribution in [0.5, 0.6) is 0 Å². The van der Waals surface area contributed by atoms with Gasteiger partial charge in [0, 0.05) is 5.41 Å². The van der Waals surface area contributed by atoms with Crippen LogP contribution in [0.25, 0.3) is 0 Å². The van der Waals surface area contributed by atoms with Crippen LogP contribution in [0, 0.1) is 11.3 Å². The molecule has 1 nitrogen and oxygen atoms in total. The summed E-state index contributed by atoms with van der Waals surface area (Å²) in [7, 11) is 0. The highest BCUT2D eigenvalue weighted by Crippen LogP contribution is 2.63. The molecule has 1 N–H and O–H groups in total. The minimum atomic E-state index is -0.411. The van der Waals surface area contributed by atoms with E-state index in [-0.39, 0.29) is 5.41 Å². The van der Waals surface area contributed by atoms with E-state index in [2.05, 4.69) is 20.4 Å². The maximum Gasteiger partial charge on any atom is 0.0886 e. The molecule has 1 aromatic rings. The summed E-state index contributed by atoms with van der Waals surface area (Å²) in [5, 5.41) is 10.2. The summed E-state index contributed by atoms with van der Waals surface area (Å²) in [5.74, 6) is 0.428. The first-order chi connectivity index (χ1) is 6.58. The van der Waals surface area contributed by atoms with Crippen molar-refractivity contribution in [2.24, 2.45) is 11.3 Å². The van der Waals surface area contributed by atoms with Crippen LogP contribution in [0.15, 0.2) is 42.5 Å². The minimum Gasteiger partial charge on any atom is -0.387 e. The van der Waals surface area contributed by atoms with Crippen molar-refractivity contribution in [1.29, 1.82) is 0 Å². The Morgan fingerprint density at radius 3 is 2.29 bits per heavy atom. The number of aliphatic hydroxyl groups is 1. The second-order valence-electron chi connectivity index (χ2n) is 4.34. The van der Waals surface area contributed by atoms with Crippen molar-refractivity contribution in [2.45, 2.75) is 20.0 Å². The molecular weight excluding hydrogens is 172 g/mol. The molecule has 1 aliphatic rings. The molecule has 0 radical (unpaired) electrons. The smallest absolute Gasteiger partial charge is 0.0886 e. The monoisotopic (exact) mass is 188 g/mol. The SMILES string of the molecule is C=C1[C@@H](C)[C@]1(C)[C@H](O)c1ccccc1. The van der Waals surface area contributed by atoms with Gasteiger partial charge in [0.05, 0.1) is 6.10 Å². The van der Waals surface area contributed by atoms with E-state index in [1.54, 1.807) is 0 Å². The molecule has 0 spiro atoms. The largest absolute Gasteiger partial charge is 0.387 e. The van der Waals surface area contributed by atoms with Crippen molar-refractivity contribution >= 4 is 0 Å². The first-order valence-electron chi connectivity index (χ1n) is 5.00. The molecule has 0 aliphatic heterocycles. The lowest BCUT2D eigenvalue weighted by Gasteiger charge is -2.18. The third-order valence-electron chi connectivity index (χ3n) is 3.71. The van der Waals surface area contributed by atoms with Gasteiger partial charge in [-0.05, 0) is 11.5 Å². The van der Waals surface area contributed by atoms with Crippen molar-refractivity contribution in [1.82, 2.24) is 0 Å². The molecule has 0 aromatic heterocycles. The molecule has 14 heavy (non-hydrogen) atoms. The predicted octanol–water partition coefficient (Wildman–Crippen LogP) is 2.93. The van der Waals surface area contributed by atoms with Gasteiger partial charge in [-0.15, -0.1) is 0 Å². The van der Waals surface area contributed by atoms with Gasteiger partial charge in [-0.1, -0.05) is 56.3 Å². The topological polar surface area (TPSA) is 20.2 Å². The van der Waals surface area contributed by atoms with Crippen LogP contribution in [0.2, 0.25) is 0 Å². The highest BCUT2D eigenvalue weighted by Gasteiger charge is 2.56. The number of hydrogen-bond donors (Lipinski definition) is 1. The Balaban J connectivity index is 2.26. The average molecular weight is 188 g/mol. The van der Waals surface area contributed by atoms with E-state index in [1.807, 2.05) is 30.3 Å². The summed E-state index contributed by atoms with van der Waals surface area (Å²) < 4.78 is 0. The van der Waals surface area contributed by atoms with Gasteiger partial charge in [0.25, 0.3) is 0 Å². The van der Waals surface area contributed by atoms with Crippen LogP contribution in [-0.4, -0.2) is 5.11 Å². The molecular formula is C13H16O. The Kier molecular flexibility index (Phi) is 2.00. The summed E-state index contributed by atoms with van der Waals surface area (Å²) in [6.07, 6.45) is -0.411. The zero-order valence-corrected chi connectivity index (χ0v) is 8.70. The van der Waals surface area contributed by atoms with Crippen molar-refractivity contribution in [3.63, 3.8) is 0 Å². The fourth-order valence-corrected chi connectivity index (χ4v) is 2.13. The van der Waals surface area contributed by atoms with Gasteiger partial charge >= 0.3 is 0 Å². The van der Waals surface area contributed by atoms with E-state index in [1.165, 1.54) is 0 Å². The van der Waals surface area contributed by atoms with Crippen LogP contribution in [0.3, 0.4) is 0 Å². The number of benzene rings is 1. The first kappa shape index (κ1) is 9.47. The summed E-state index contributed by atoms with van der Waals surface area (Å²) in [6.45, 7) is 8.19. The van der Waals surface area contributed by atoms with E-state index in [9.17, 15) is 5.11 Å². The average Bonchev–Trinajstić information content (AvgIpc) is 2.71. The standard InChI is InChI=1S/C13H16O/c1-9-10(2)13(9,3)12(14)11-7-5-4-6-8-11/h4-8,10,12,14H,1H2,2-3H3/t10-,12-,13-/m1/s1. The van der Waals surface area contributed by atoms with Gasteiger partial charge < -0.3 is 5.11 Å².